The summed E-state index contributed by atoms with van der Waals surface area (Å²) in [5.74, 6) is -0.784. The van der Waals surface area contributed by atoms with Crippen LogP contribution in [-0.2, 0) is 4.74 Å². The number of hydrogen-bond donors (Lipinski definition) is 0. The van der Waals surface area contributed by atoms with E-state index in [1.807, 2.05) is 44.2 Å². The maximum absolute atomic E-state index is 14.0. The second-order valence-electron chi connectivity index (χ2n) is 6.42. The first-order chi connectivity index (χ1) is 11.0. The molecule has 0 radical (unpaired) electrons. The fraction of sp³-hybridized carbons (Fsp3) is 0.316. The average Bonchev–Trinajstić information content (AvgIpc) is 2.55. The molecule has 1 saturated heterocycles. The Kier molecular flexibility index (Phi) is 4.18. The topological polar surface area (TPSA) is 29.5 Å². The third kappa shape index (κ3) is 3.13. The van der Waals surface area contributed by atoms with Crippen LogP contribution in [0.1, 0.15) is 35.9 Å². The molecule has 0 N–H and O–H groups in total. The lowest BCUT2D eigenvalue weighted by Crippen LogP contribution is -2.56. The molecule has 4 heteroatoms. The smallest absolute Gasteiger partial charge is 0.257 e. The fourth-order valence-electron chi connectivity index (χ4n) is 2.86. The number of hydrogen-bond acceptors (Lipinski definition) is 2. The lowest BCUT2D eigenvalue weighted by atomic mass is 9.96. The van der Waals surface area contributed by atoms with Gasteiger partial charge in [0.1, 0.15) is 11.9 Å². The van der Waals surface area contributed by atoms with E-state index < -0.39 is 11.4 Å². The molecule has 1 aliphatic rings. The third-order valence-electron chi connectivity index (χ3n) is 4.24. The van der Waals surface area contributed by atoms with Crippen molar-refractivity contribution < 1.29 is 13.9 Å². The Bertz CT molecular complexity index is 700. The quantitative estimate of drug-likeness (QED) is 0.843. The highest BCUT2D eigenvalue weighted by atomic mass is 19.1. The molecular weight excluding hydrogens is 293 g/mol. The highest BCUT2D eigenvalue weighted by Gasteiger charge is 2.39. The Morgan fingerprint density at radius 2 is 1.78 bits per heavy atom. The van der Waals surface area contributed by atoms with Crippen LogP contribution >= 0.6 is 0 Å². The van der Waals surface area contributed by atoms with Crippen molar-refractivity contribution in [3.8, 4) is 0 Å². The Hall–Kier alpha value is -2.20. The number of amides is 1. The zero-order valence-electron chi connectivity index (χ0n) is 13.3. The van der Waals surface area contributed by atoms with Crippen LogP contribution in [0.4, 0.5) is 4.39 Å². The normalized spacial score (nSPS) is 20.3. The van der Waals surface area contributed by atoms with Crippen molar-refractivity contribution in [1.29, 1.82) is 0 Å². The number of carbonyl (C=O) groups excluding carboxylic acids is 1. The molecule has 120 valence electrons. The number of morpholine rings is 1. The predicted molar refractivity (Wildman–Crippen MR) is 86.7 cm³/mol. The maximum Gasteiger partial charge on any atom is 0.257 e. The number of rotatable bonds is 2. The molecule has 2 aromatic carbocycles. The number of benzene rings is 2. The summed E-state index contributed by atoms with van der Waals surface area (Å²) in [5, 5.41) is 0. The van der Waals surface area contributed by atoms with Gasteiger partial charge in [0, 0.05) is 0 Å². The van der Waals surface area contributed by atoms with E-state index in [0.717, 1.165) is 5.56 Å². The molecule has 0 aromatic heterocycles. The van der Waals surface area contributed by atoms with Gasteiger partial charge in [0.15, 0.2) is 0 Å². The van der Waals surface area contributed by atoms with E-state index in [1.54, 1.807) is 17.0 Å². The van der Waals surface area contributed by atoms with Crippen molar-refractivity contribution in [3.63, 3.8) is 0 Å². The molecule has 3 rings (SSSR count). The standard InChI is InChI=1S/C19H20FNO2/c1-19(2)13-23-17(14-8-4-3-5-9-14)12-21(19)18(22)15-10-6-7-11-16(15)20/h3-11,17H,12-13H2,1-2H3. The highest BCUT2D eigenvalue weighted by Crippen LogP contribution is 2.31. The summed E-state index contributed by atoms with van der Waals surface area (Å²) in [7, 11) is 0. The van der Waals surface area contributed by atoms with E-state index in [2.05, 4.69) is 0 Å². The Morgan fingerprint density at radius 3 is 2.48 bits per heavy atom. The summed E-state index contributed by atoms with van der Waals surface area (Å²) in [4.78, 5) is 14.6. The second-order valence-corrected chi connectivity index (χ2v) is 6.42. The van der Waals surface area contributed by atoms with Crippen molar-refractivity contribution in [2.75, 3.05) is 13.2 Å². The van der Waals surface area contributed by atoms with Gasteiger partial charge >= 0.3 is 0 Å². The molecule has 1 aliphatic heterocycles. The van der Waals surface area contributed by atoms with E-state index in [1.165, 1.54) is 12.1 Å². The molecule has 23 heavy (non-hydrogen) atoms. The van der Waals surface area contributed by atoms with Gasteiger partial charge in [0.2, 0.25) is 0 Å². The summed E-state index contributed by atoms with van der Waals surface area (Å²) >= 11 is 0. The predicted octanol–water partition coefficient (Wildman–Crippen LogP) is 3.82. The van der Waals surface area contributed by atoms with Crippen LogP contribution in [0, 0.1) is 5.82 Å². The highest BCUT2D eigenvalue weighted by molar-refractivity contribution is 5.95. The first-order valence-corrected chi connectivity index (χ1v) is 7.72. The summed E-state index contributed by atoms with van der Waals surface area (Å²) in [6, 6.07) is 15.9. The lowest BCUT2D eigenvalue weighted by molar-refractivity contribution is -0.0847. The molecule has 0 aliphatic carbocycles. The zero-order valence-corrected chi connectivity index (χ0v) is 13.3. The van der Waals surface area contributed by atoms with Crippen molar-refractivity contribution in [1.82, 2.24) is 4.90 Å². The van der Waals surface area contributed by atoms with Gasteiger partial charge < -0.3 is 9.64 Å². The van der Waals surface area contributed by atoms with Gasteiger partial charge in [-0.2, -0.15) is 0 Å². The van der Waals surface area contributed by atoms with Crippen LogP contribution < -0.4 is 0 Å². The molecule has 1 amide bonds. The molecule has 0 bridgehead atoms. The Balaban J connectivity index is 1.89. The molecule has 0 spiro atoms. The molecule has 1 fully saturated rings. The number of nitrogens with zero attached hydrogens (tertiary/aromatic N) is 1. The number of ether oxygens (including phenoxy) is 1. The largest absolute Gasteiger partial charge is 0.369 e. The van der Waals surface area contributed by atoms with Gasteiger partial charge in [0.25, 0.3) is 5.91 Å². The number of carbonyl (C=O) groups is 1. The molecular formula is C19H20FNO2. The minimum Gasteiger partial charge on any atom is -0.369 e. The van der Waals surface area contributed by atoms with Crippen molar-refractivity contribution >= 4 is 5.91 Å². The molecule has 1 atom stereocenters. The van der Waals surface area contributed by atoms with Gasteiger partial charge in [-0.15, -0.1) is 0 Å². The minimum atomic E-state index is -0.490. The summed E-state index contributed by atoms with van der Waals surface area (Å²) in [6.45, 7) is 4.69. The van der Waals surface area contributed by atoms with Gasteiger partial charge in [0.05, 0.1) is 24.3 Å². The lowest BCUT2D eigenvalue weighted by Gasteiger charge is -2.45. The molecule has 2 aromatic rings. The maximum atomic E-state index is 14.0. The van der Waals surface area contributed by atoms with Gasteiger partial charge in [-0.25, -0.2) is 4.39 Å². The van der Waals surface area contributed by atoms with E-state index in [9.17, 15) is 9.18 Å². The fourth-order valence-corrected chi connectivity index (χ4v) is 2.86. The van der Waals surface area contributed by atoms with Gasteiger partial charge in [-0.1, -0.05) is 42.5 Å². The molecule has 0 saturated carbocycles. The Morgan fingerprint density at radius 1 is 1.13 bits per heavy atom. The number of halogens is 1. The van der Waals surface area contributed by atoms with Crippen LogP contribution in [-0.4, -0.2) is 29.5 Å². The molecule has 3 nitrogen and oxygen atoms in total. The monoisotopic (exact) mass is 313 g/mol. The first-order valence-electron chi connectivity index (χ1n) is 7.72. The van der Waals surface area contributed by atoms with E-state index in [-0.39, 0.29) is 17.6 Å². The van der Waals surface area contributed by atoms with E-state index in [4.69, 9.17) is 4.74 Å². The summed E-state index contributed by atoms with van der Waals surface area (Å²) in [6.07, 6.45) is -0.194. The Labute approximate surface area is 135 Å². The van der Waals surface area contributed by atoms with Crippen molar-refractivity contribution in [2.45, 2.75) is 25.5 Å². The van der Waals surface area contributed by atoms with Crippen molar-refractivity contribution in [3.05, 3.63) is 71.5 Å². The first kappa shape index (κ1) is 15.7. The molecule has 1 heterocycles. The van der Waals surface area contributed by atoms with Crippen LogP contribution in [0.15, 0.2) is 54.6 Å². The molecule has 1 unspecified atom stereocenters. The van der Waals surface area contributed by atoms with Gasteiger partial charge in [-0.3, -0.25) is 4.79 Å². The second kappa shape index (κ2) is 6.13. The summed E-state index contributed by atoms with van der Waals surface area (Å²) in [5.41, 5.74) is 0.647. The van der Waals surface area contributed by atoms with Crippen LogP contribution in [0.5, 0.6) is 0 Å². The minimum absolute atomic E-state index is 0.106. The average molecular weight is 313 g/mol. The third-order valence-corrected chi connectivity index (χ3v) is 4.24. The van der Waals surface area contributed by atoms with Crippen LogP contribution in [0.3, 0.4) is 0 Å². The summed E-state index contributed by atoms with van der Waals surface area (Å²) < 4.78 is 19.9. The SMILES string of the molecule is CC1(C)COC(c2ccccc2)CN1C(=O)c1ccccc1F. The van der Waals surface area contributed by atoms with Crippen LogP contribution in [0.25, 0.3) is 0 Å². The van der Waals surface area contributed by atoms with Crippen molar-refractivity contribution in [2.24, 2.45) is 0 Å². The zero-order chi connectivity index (χ0) is 16.4. The van der Waals surface area contributed by atoms with E-state index in [0.29, 0.717) is 13.2 Å². The van der Waals surface area contributed by atoms with E-state index >= 15 is 0 Å². The van der Waals surface area contributed by atoms with Gasteiger partial charge in [-0.05, 0) is 31.5 Å². The van der Waals surface area contributed by atoms with Crippen LogP contribution in [0.2, 0.25) is 0 Å².